The third-order valence-electron chi connectivity index (χ3n) is 4.65. The molecular formula is C15H26N4S. The Labute approximate surface area is 126 Å². The number of hydrogen-bond donors (Lipinski definition) is 1. The van der Waals surface area contributed by atoms with Crippen LogP contribution in [0.25, 0.3) is 0 Å². The molecule has 3 rings (SSSR count). The average molecular weight is 294 g/mol. The van der Waals surface area contributed by atoms with E-state index < -0.39 is 0 Å². The maximum atomic E-state index is 4.82. The molecular weight excluding hydrogens is 268 g/mol. The van der Waals surface area contributed by atoms with Crippen molar-refractivity contribution in [3.8, 4) is 0 Å². The van der Waals surface area contributed by atoms with E-state index in [0.717, 1.165) is 31.7 Å². The summed E-state index contributed by atoms with van der Waals surface area (Å²) in [6.45, 7) is 7.55. The van der Waals surface area contributed by atoms with Gasteiger partial charge in [-0.3, -0.25) is 4.90 Å². The molecule has 0 aromatic carbocycles. The van der Waals surface area contributed by atoms with E-state index in [1.165, 1.54) is 30.1 Å². The van der Waals surface area contributed by atoms with Crippen LogP contribution >= 0.6 is 11.3 Å². The van der Waals surface area contributed by atoms with Crippen LogP contribution in [-0.2, 0) is 6.54 Å². The monoisotopic (exact) mass is 294 g/mol. The summed E-state index contributed by atoms with van der Waals surface area (Å²) in [6.07, 6.45) is 4.02. The lowest BCUT2D eigenvalue weighted by Gasteiger charge is -2.25. The van der Waals surface area contributed by atoms with Gasteiger partial charge in [0.05, 0.1) is 5.69 Å². The average Bonchev–Trinajstić information content (AvgIpc) is 2.94. The first-order valence-electron chi connectivity index (χ1n) is 7.78. The van der Waals surface area contributed by atoms with Crippen LogP contribution in [0.15, 0.2) is 5.38 Å². The molecule has 2 atom stereocenters. The number of nitrogens with zero attached hydrogens (tertiary/aromatic N) is 3. The van der Waals surface area contributed by atoms with E-state index in [1.807, 2.05) is 0 Å². The molecule has 5 heteroatoms. The van der Waals surface area contributed by atoms with Crippen molar-refractivity contribution < 1.29 is 0 Å². The van der Waals surface area contributed by atoms with Gasteiger partial charge in [0.25, 0.3) is 0 Å². The quantitative estimate of drug-likeness (QED) is 0.923. The van der Waals surface area contributed by atoms with E-state index in [9.17, 15) is 0 Å². The van der Waals surface area contributed by atoms with Gasteiger partial charge in [-0.1, -0.05) is 13.8 Å². The summed E-state index contributed by atoms with van der Waals surface area (Å²) in [7, 11) is 2.30. The number of fused-ring (bicyclic) bond motifs is 2. The molecule has 0 spiro atoms. The van der Waals surface area contributed by atoms with Crippen LogP contribution in [0.4, 0.5) is 5.13 Å². The van der Waals surface area contributed by atoms with Gasteiger partial charge in [0, 0.05) is 43.1 Å². The van der Waals surface area contributed by atoms with Gasteiger partial charge in [-0.2, -0.15) is 0 Å². The number of nitrogens with one attached hydrogen (secondary N) is 1. The fourth-order valence-electron chi connectivity index (χ4n) is 3.31. The first-order valence-corrected chi connectivity index (χ1v) is 8.66. The maximum Gasteiger partial charge on any atom is 0.185 e. The van der Waals surface area contributed by atoms with Crippen molar-refractivity contribution in [3.05, 3.63) is 11.1 Å². The number of hydrogen-bond acceptors (Lipinski definition) is 5. The minimum Gasteiger partial charge on any atom is -0.346 e. The third kappa shape index (κ3) is 3.00. The van der Waals surface area contributed by atoms with Crippen LogP contribution in [0.3, 0.4) is 0 Å². The standard InChI is InChI=1S/C15H26N4S/c1-11(2)16-8-12-10-20-15(17-12)19-7-6-13-4-5-14(9-19)18(13)3/h10-11,13-14,16H,4-9H2,1-3H3. The molecule has 1 N–H and O–H groups in total. The van der Waals surface area contributed by atoms with Crippen LogP contribution in [0, 0.1) is 0 Å². The predicted molar refractivity (Wildman–Crippen MR) is 85.5 cm³/mol. The number of likely N-dealkylation sites (N-methyl/N-ethyl adjacent to an activating group) is 1. The zero-order valence-corrected chi connectivity index (χ0v) is 13.6. The van der Waals surface area contributed by atoms with E-state index in [2.05, 4.69) is 41.4 Å². The van der Waals surface area contributed by atoms with E-state index in [1.54, 1.807) is 11.3 Å². The summed E-state index contributed by atoms with van der Waals surface area (Å²) in [4.78, 5) is 9.92. The number of anilines is 1. The van der Waals surface area contributed by atoms with Crippen molar-refractivity contribution in [2.45, 2.75) is 57.8 Å². The summed E-state index contributed by atoms with van der Waals surface area (Å²) < 4.78 is 0. The Balaban J connectivity index is 1.64. The van der Waals surface area contributed by atoms with E-state index in [-0.39, 0.29) is 0 Å². The van der Waals surface area contributed by atoms with Crippen molar-refractivity contribution in [2.24, 2.45) is 0 Å². The second-order valence-corrected chi connectivity index (χ2v) is 7.28. The van der Waals surface area contributed by atoms with Crippen LogP contribution in [0.5, 0.6) is 0 Å². The third-order valence-corrected chi connectivity index (χ3v) is 5.60. The number of rotatable bonds is 4. The van der Waals surface area contributed by atoms with Crippen LogP contribution in [0.2, 0.25) is 0 Å². The Kier molecular flexibility index (Phi) is 4.29. The van der Waals surface area contributed by atoms with Gasteiger partial charge < -0.3 is 10.2 Å². The minimum atomic E-state index is 0.516. The van der Waals surface area contributed by atoms with E-state index in [0.29, 0.717) is 6.04 Å². The second kappa shape index (κ2) is 6.00. The molecule has 20 heavy (non-hydrogen) atoms. The molecule has 0 aliphatic carbocycles. The zero-order valence-electron chi connectivity index (χ0n) is 12.8. The summed E-state index contributed by atoms with van der Waals surface area (Å²) in [5.74, 6) is 0. The topological polar surface area (TPSA) is 31.4 Å². The summed E-state index contributed by atoms with van der Waals surface area (Å²) >= 11 is 1.80. The summed E-state index contributed by atoms with van der Waals surface area (Å²) in [5.41, 5.74) is 1.18. The largest absolute Gasteiger partial charge is 0.346 e. The van der Waals surface area contributed by atoms with Crippen molar-refractivity contribution in [3.63, 3.8) is 0 Å². The Hall–Kier alpha value is -0.650. The van der Waals surface area contributed by atoms with Gasteiger partial charge in [0.15, 0.2) is 5.13 Å². The highest BCUT2D eigenvalue weighted by molar-refractivity contribution is 7.13. The molecule has 3 heterocycles. The van der Waals surface area contributed by atoms with Crippen molar-refractivity contribution in [1.29, 1.82) is 0 Å². The number of aromatic nitrogens is 1. The second-order valence-electron chi connectivity index (χ2n) is 6.44. The highest BCUT2D eigenvalue weighted by Gasteiger charge is 2.35. The smallest absolute Gasteiger partial charge is 0.185 e. The lowest BCUT2D eigenvalue weighted by molar-refractivity contribution is 0.254. The number of thiazole rings is 1. The molecule has 1 aromatic rings. The maximum absolute atomic E-state index is 4.82. The SMILES string of the molecule is CC(C)NCc1csc(N2CCC3CCC(C2)N3C)n1. The zero-order chi connectivity index (χ0) is 14.1. The van der Waals surface area contributed by atoms with Gasteiger partial charge in [-0.15, -0.1) is 11.3 Å². The fourth-order valence-corrected chi connectivity index (χ4v) is 4.18. The van der Waals surface area contributed by atoms with Gasteiger partial charge in [0.1, 0.15) is 0 Å². The molecule has 2 fully saturated rings. The molecule has 2 saturated heterocycles. The minimum absolute atomic E-state index is 0.516. The van der Waals surface area contributed by atoms with E-state index >= 15 is 0 Å². The molecule has 0 amide bonds. The molecule has 2 aliphatic rings. The van der Waals surface area contributed by atoms with Crippen LogP contribution in [-0.4, -0.2) is 48.1 Å². The predicted octanol–water partition coefficient (Wildman–Crippen LogP) is 2.31. The van der Waals surface area contributed by atoms with Gasteiger partial charge >= 0.3 is 0 Å². The van der Waals surface area contributed by atoms with Gasteiger partial charge in [-0.05, 0) is 26.3 Å². The first kappa shape index (κ1) is 14.3. The van der Waals surface area contributed by atoms with Crippen molar-refractivity contribution in [2.75, 3.05) is 25.0 Å². The highest BCUT2D eigenvalue weighted by Crippen LogP contribution is 2.31. The van der Waals surface area contributed by atoms with Crippen LogP contribution < -0.4 is 10.2 Å². The molecule has 2 unspecified atom stereocenters. The lowest BCUT2D eigenvalue weighted by atomic mass is 10.1. The summed E-state index contributed by atoms with van der Waals surface area (Å²) in [6, 6.07) is 2.04. The fraction of sp³-hybridized carbons (Fsp3) is 0.800. The lowest BCUT2D eigenvalue weighted by Crippen LogP contribution is -2.36. The molecule has 2 aliphatic heterocycles. The Morgan fingerprint density at radius 2 is 2.15 bits per heavy atom. The van der Waals surface area contributed by atoms with E-state index in [4.69, 9.17) is 4.98 Å². The molecule has 1 aromatic heterocycles. The van der Waals surface area contributed by atoms with Crippen molar-refractivity contribution >= 4 is 16.5 Å². The van der Waals surface area contributed by atoms with Gasteiger partial charge in [0.2, 0.25) is 0 Å². The molecule has 2 bridgehead atoms. The summed E-state index contributed by atoms with van der Waals surface area (Å²) in [5, 5.41) is 6.86. The first-order chi connectivity index (χ1) is 9.63. The van der Waals surface area contributed by atoms with Crippen LogP contribution in [0.1, 0.15) is 38.8 Å². The Morgan fingerprint density at radius 3 is 2.95 bits per heavy atom. The highest BCUT2D eigenvalue weighted by atomic mass is 32.1. The molecule has 4 nitrogen and oxygen atoms in total. The Morgan fingerprint density at radius 1 is 1.35 bits per heavy atom. The van der Waals surface area contributed by atoms with Gasteiger partial charge in [-0.25, -0.2) is 4.98 Å². The Bertz CT molecular complexity index is 445. The molecule has 0 saturated carbocycles. The van der Waals surface area contributed by atoms with Crippen molar-refractivity contribution in [1.82, 2.24) is 15.2 Å². The normalized spacial score (nSPS) is 27.3. The molecule has 112 valence electrons. The molecule has 0 radical (unpaired) electrons.